The number of carbonyl (C=O) groups excluding carboxylic acids is 1. The van der Waals surface area contributed by atoms with Crippen LogP contribution in [-0.2, 0) is 14.4 Å². The second kappa shape index (κ2) is 11.0. The van der Waals surface area contributed by atoms with E-state index >= 15 is 0 Å². The lowest BCUT2D eigenvalue weighted by molar-refractivity contribution is -0.149. The zero-order chi connectivity index (χ0) is 18.8. The summed E-state index contributed by atoms with van der Waals surface area (Å²) in [6.45, 7) is 2.67. The first-order valence-electron chi connectivity index (χ1n) is 9.10. The van der Waals surface area contributed by atoms with Crippen LogP contribution in [0, 0.1) is 0 Å². The van der Waals surface area contributed by atoms with Crippen molar-refractivity contribution in [2.75, 3.05) is 13.1 Å². The highest BCUT2D eigenvalue weighted by molar-refractivity contribution is 5.88. The highest BCUT2D eigenvalue weighted by Gasteiger charge is 2.36. The Morgan fingerprint density at radius 1 is 1.16 bits per heavy atom. The Morgan fingerprint density at radius 3 is 2.40 bits per heavy atom. The highest BCUT2D eigenvalue weighted by Crippen LogP contribution is 2.19. The third-order valence-corrected chi connectivity index (χ3v) is 4.64. The molecule has 0 aliphatic carbocycles. The summed E-state index contributed by atoms with van der Waals surface area (Å²) < 4.78 is 0. The number of carboxylic acids is 2. The summed E-state index contributed by atoms with van der Waals surface area (Å²) in [6.07, 6.45) is 6.27. The van der Waals surface area contributed by atoms with Crippen molar-refractivity contribution in [2.45, 2.75) is 76.4 Å². The van der Waals surface area contributed by atoms with Crippen molar-refractivity contribution in [3.8, 4) is 0 Å². The predicted molar refractivity (Wildman–Crippen MR) is 93.1 cm³/mol. The van der Waals surface area contributed by atoms with E-state index in [1.54, 1.807) is 6.92 Å². The molecule has 0 aromatic heterocycles. The summed E-state index contributed by atoms with van der Waals surface area (Å²) in [5, 5.41) is 21.4. The summed E-state index contributed by atoms with van der Waals surface area (Å²) in [7, 11) is 0. The molecule has 5 N–H and O–H groups in total. The van der Waals surface area contributed by atoms with Crippen LogP contribution >= 0.6 is 0 Å². The van der Waals surface area contributed by atoms with Gasteiger partial charge in [0.05, 0.1) is 6.04 Å². The molecule has 1 aliphatic heterocycles. The maximum absolute atomic E-state index is 12.5. The fraction of sp³-hybridized carbons (Fsp3) is 0.824. The van der Waals surface area contributed by atoms with Gasteiger partial charge in [0.15, 0.2) is 0 Å². The Balaban J connectivity index is 2.46. The fourth-order valence-corrected chi connectivity index (χ4v) is 3.21. The minimum absolute atomic E-state index is 0.348. The molecule has 1 rings (SSSR count). The number of nitrogens with one attached hydrogen (secondary N) is 1. The number of nitrogens with zero attached hydrogens (tertiary/aromatic N) is 1. The SMILES string of the molecule is C[C@H](N[C@@H](CCCCCCCN)C(=O)O)C(=O)N1CCC[C@H]1C(=O)O. The van der Waals surface area contributed by atoms with Gasteiger partial charge in [0, 0.05) is 6.54 Å². The van der Waals surface area contributed by atoms with Crippen LogP contribution in [0.1, 0.15) is 58.3 Å². The van der Waals surface area contributed by atoms with Gasteiger partial charge in [0.2, 0.25) is 5.91 Å². The molecule has 3 atom stereocenters. The molecule has 1 fully saturated rings. The number of rotatable bonds is 12. The van der Waals surface area contributed by atoms with Crippen molar-refractivity contribution in [3.05, 3.63) is 0 Å². The predicted octanol–water partition coefficient (Wildman–Crippen LogP) is 0.793. The highest BCUT2D eigenvalue weighted by atomic mass is 16.4. The van der Waals surface area contributed by atoms with Gasteiger partial charge >= 0.3 is 11.9 Å². The van der Waals surface area contributed by atoms with Gasteiger partial charge in [-0.25, -0.2) is 4.79 Å². The van der Waals surface area contributed by atoms with E-state index in [2.05, 4.69) is 5.32 Å². The molecule has 0 radical (unpaired) electrons. The fourth-order valence-electron chi connectivity index (χ4n) is 3.21. The molecule has 0 bridgehead atoms. The van der Waals surface area contributed by atoms with E-state index in [0.29, 0.717) is 32.4 Å². The number of hydrogen-bond acceptors (Lipinski definition) is 5. The lowest BCUT2D eigenvalue weighted by Gasteiger charge is -2.27. The molecule has 1 heterocycles. The van der Waals surface area contributed by atoms with Crippen molar-refractivity contribution in [2.24, 2.45) is 5.73 Å². The minimum atomic E-state index is -1.01. The van der Waals surface area contributed by atoms with E-state index in [1.807, 2.05) is 0 Å². The number of likely N-dealkylation sites (tertiary alicyclic amines) is 1. The van der Waals surface area contributed by atoms with E-state index in [-0.39, 0.29) is 5.91 Å². The van der Waals surface area contributed by atoms with Crippen molar-refractivity contribution in [1.29, 1.82) is 0 Å². The number of carboxylic acid groups (broad SMARTS) is 2. The maximum atomic E-state index is 12.5. The average molecular weight is 357 g/mol. The third-order valence-electron chi connectivity index (χ3n) is 4.64. The molecule has 0 unspecified atom stereocenters. The summed E-state index contributed by atoms with van der Waals surface area (Å²) in [5.74, 6) is -2.35. The lowest BCUT2D eigenvalue weighted by atomic mass is 10.1. The van der Waals surface area contributed by atoms with Crippen LogP contribution in [0.5, 0.6) is 0 Å². The van der Waals surface area contributed by atoms with Crippen molar-refractivity contribution in [3.63, 3.8) is 0 Å². The Bertz CT molecular complexity index is 458. The topological polar surface area (TPSA) is 133 Å². The molecule has 8 nitrogen and oxygen atoms in total. The molecule has 0 saturated carbocycles. The molecule has 0 aromatic carbocycles. The van der Waals surface area contributed by atoms with E-state index < -0.39 is 30.1 Å². The van der Waals surface area contributed by atoms with E-state index in [4.69, 9.17) is 5.73 Å². The summed E-state index contributed by atoms with van der Waals surface area (Å²) in [6, 6.07) is -2.33. The molecule has 1 aliphatic rings. The number of amides is 1. The molecular weight excluding hydrogens is 326 g/mol. The zero-order valence-corrected chi connectivity index (χ0v) is 14.9. The molecular formula is C17H31N3O5. The maximum Gasteiger partial charge on any atom is 0.326 e. The average Bonchev–Trinajstić information content (AvgIpc) is 3.05. The first kappa shape index (κ1) is 21.4. The normalized spacial score (nSPS) is 19.6. The van der Waals surface area contributed by atoms with Gasteiger partial charge in [0.25, 0.3) is 0 Å². The molecule has 25 heavy (non-hydrogen) atoms. The second-order valence-electron chi connectivity index (χ2n) is 6.65. The monoisotopic (exact) mass is 357 g/mol. The Morgan fingerprint density at radius 2 is 1.80 bits per heavy atom. The van der Waals surface area contributed by atoms with Crippen LogP contribution in [0.15, 0.2) is 0 Å². The third kappa shape index (κ3) is 6.99. The largest absolute Gasteiger partial charge is 0.480 e. The van der Waals surface area contributed by atoms with Crippen molar-refractivity contribution >= 4 is 17.8 Å². The summed E-state index contributed by atoms with van der Waals surface area (Å²) in [5.41, 5.74) is 5.43. The molecule has 1 saturated heterocycles. The number of nitrogens with two attached hydrogens (primary N) is 1. The van der Waals surface area contributed by atoms with Crippen LogP contribution in [0.4, 0.5) is 0 Å². The first-order chi connectivity index (χ1) is 11.9. The number of aliphatic carboxylic acids is 2. The van der Waals surface area contributed by atoms with Crippen LogP contribution in [0.3, 0.4) is 0 Å². The number of hydrogen-bond donors (Lipinski definition) is 4. The second-order valence-corrected chi connectivity index (χ2v) is 6.65. The molecule has 144 valence electrons. The van der Waals surface area contributed by atoms with Gasteiger partial charge < -0.3 is 20.8 Å². The van der Waals surface area contributed by atoms with E-state index in [9.17, 15) is 24.6 Å². The van der Waals surface area contributed by atoms with Crippen LogP contribution in [0.2, 0.25) is 0 Å². The molecule has 8 heteroatoms. The summed E-state index contributed by atoms with van der Waals surface area (Å²) >= 11 is 0. The van der Waals surface area contributed by atoms with Gasteiger partial charge in [0.1, 0.15) is 12.1 Å². The number of unbranched alkanes of at least 4 members (excludes halogenated alkanes) is 4. The number of carbonyl (C=O) groups is 3. The smallest absolute Gasteiger partial charge is 0.326 e. The van der Waals surface area contributed by atoms with E-state index in [1.165, 1.54) is 4.90 Å². The Hall–Kier alpha value is -1.67. The lowest BCUT2D eigenvalue weighted by Crippen LogP contribution is -2.53. The standard InChI is InChI=1S/C17H31N3O5/c1-12(15(21)20-11-7-9-14(20)17(24)25)19-13(16(22)23)8-5-3-2-4-6-10-18/h12-14,19H,2-11,18H2,1H3,(H,22,23)(H,24,25)/t12-,13-,14-/m0/s1. The minimum Gasteiger partial charge on any atom is -0.480 e. The van der Waals surface area contributed by atoms with Gasteiger partial charge in [-0.05, 0) is 39.2 Å². The van der Waals surface area contributed by atoms with Crippen molar-refractivity contribution < 1.29 is 24.6 Å². The molecule has 0 spiro atoms. The molecule has 1 amide bonds. The van der Waals surface area contributed by atoms with E-state index in [0.717, 1.165) is 32.1 Å². The first-order valence-corrected chi connectivity index (χ1v) is 9.10. The van der Waals surface area contributed by atoms with Gasteiger partial charge in [-0.2, -0.15) is 0 Å². The van der Waals surface area contributed by atoms with Gasteiger partial charge in [-0.3, -0.25) is 14.9 Å². The zero-order valence-electron chi connectivity index (χ0n) is 14.9. The van der Waals surface area contributed by atoms with Crippen LogP contribution in [0.25, 0.3) is 0 Å². The molecule has 0 aromatic rings. The summed E-state index contributed by atoms with van der Waals surface area (Å²) in [4.78, 5) is 36.4. The van der Waals surface area contributed by atoms with Crippen molar-refractivity contribution in [1.82, 2.24) is 10.2 Å². The quantitative estimate of drug-likeness (QED) is 0.380. The van der Waals surface area contributed by atoms with Crippen LogP contribution < -0.4 is 11.1 Å². The van der Waals surface area contributed by atoms with Gasteiger partial charge in [-0.1, -0.05) is 25.7 Å². The van der Waals surface area contributed by atoms with Crippen LogP contribution in [-0.4, -0.2) is 64.2 Å². The Labute approximate surface area is 148 Å². The Kier molecular flexibility index (Phi) is 9.44. The van der Waals surface area contributed by atoms with Gasteiger partial charge in [-0.15, -0.1) is 0 Å².